The lowest BCUT2D eigenvalue weighted by molar-refractivity contribution is -0.137. The Morgan fingerprint density at radius 2 is 1.95 bits per heavy atom. The molecule has 0 aliphatic rings. The predicted molar refractivity (Wildman–Crippen MR) is 67.4 cm³/mol. The lowest BCUT2D eigenvalue weighted by atomic mass is 10.0. The molecule has 1 aromatic carbocycles. The van der Waals surface area contributed by atoms with Crippen molar-refractivity contribution in [3.63, 3.8) is 0 Å². The SMILES string of the molecule is Cc1c(CCOC=O)noc1-c1ccc(C(F)(F)F)cc1. The van der Waals surface area contributed by atoms with E-state index in [0.29, 0.717) is 35.5 Å². The summed E-state index contributed by atoms with van der Waals surface area (Å²) >= 11 is 0. The average Bonchev–Trinajstić information content (AvgIpc) is 2.80. The fraction of sp³-hybridized carbons (Fsp3) is 0.286. The first-order valence-corrected chi connectivity index (χ1v) is 6.11. The summed E-state index contributed by atoms with van der Waals surface area (Å²) < 4.78 is 47.2. The molecule has 7 heteroatoms. The Labute approximate surface area is 118 Å². The van der Waals surface area contributed by atoms with Crippen LogP contribution in [0.5, 0.6) is 0 Å². The fourth-order valence-electron chi connectivity index (χ4n) is 1.89. The molecule has 0 aliphatic carbocycles. The first-order valence-electron chi connectivity index (χ1n) is 6.11. The van der Waals surface area contributed by atoms with E-state index >= 15 is 0 Å². The first kappa shape index (κ1) is 15.1. The lowest BCUT2D eigenvalue weighted by Crippen LogP contribution is -2.04. The summed E-state index contributed by atoms with van der Waals surface area (Å²) in [6.45, 7) is 2.26. The molecular weight excluding hydrogens is 287 g/mol. The van der Waals surface area contributed by atoms with Gasteiger partial charge in [0.1, 0.15) is 0 Å². The quantitative estimate of drug-likeness (QED) is 0.627. The summed E-state index contributed by atoms with van der Waals surface area (Å²) in [5, 5.41) is 3.84. The number of aromatic nitrogens is 1. The molecule has 0 atom stereocenters. The molecule has 2 aromatic rings. The smallest absolute Gasteiger partial charge is 0.416 e. The van der Waals surface area contributed by atoms with Gasteiger partial charge in [-0.05, 0) is 19.1 Å². The Kier molecular flexibility index (Phi) is 4.30. The third kappa shape index (κ3) is 3.42. The Balaban J connectivity index is 2.20. The van der Waals surface area contributed by atoms with Gasteiger partial charge in [-0.15, -0.1) is 0 Å². The van der Waals surface area contributed by atoms with E-state index in [1.807, 2.05) is 0 Å². The van der Waals surface area contributed by atoms with Gasteiger partial charge >= 0.3 is 6.18 Å². The molecule has 0 unspecified atom stereocenters. The van der Waals surface area contributed by atoms with Crippen LogP contribution in [0.3, 0.4) is 0 Å². The maximum absolute atomic E-state index is 12.5. The number of halogens is 3. The van der Waals surface area contributed by atoms with Crippen LogP contribution >= 0.6 is 0 Å². The molecule has 1 heterocycles. The summed E-state index contributed by atoms with van der Waals surface area (Å²) in [7, 11) is 0. The van der Waals surface area contributed by atoms with Gasteiger partial charge < -0.3 is 9.26 Å². The second-order valence-corrected chi connectivity index (χ2v) is 4.38. The highest BCUT2D eigenvalue weighted by atomic mass is 19.4. The van der Waals surface area contributed by atoms with E-state index in [-0.39, 0.29) is 6.61 Å². The molecule has 4 nitrogen and oxygen atoms in total. The van der Waals surface area contributed by atoms with Crippen molar-refractivity contribution in [2.45, 2.75) is 19.5 Å². The maximum atomic E-state index is 12.5. The third-order valence-electron chi connectivity index (χ3n) is 3.02. The number of nitrogens with zero attached hydrogens (tertiary/aromatic N) is 1. The first-order chi connectivity index (χ1) is 9.93. The Morgan fingerprint density at radius 3 is 2.52 bits per heavy atom. The summed E-state index contributed by atoms with van der Waals surface area (Å²) in [5.74, 6) is 0.407. The van der Waals surface area contributed by atoms with Crippen LogP contribution in [0.1, 0.15) is 16.8 Å². The summed E-state index contributed by atoms with van der Waals surface area (Å²) in [6.07, 6.45) is -3.99. The van der Waals surface area contributed by atoms with Crippen molar-refractivity contribution in [3.05, 3.63) is 41.1 Å². The van der Waals surface area contributed by atoms with E-state index in [2.05, 4.69) is 9.89 Å². The minimum absolute atomic E-state index is 0.170. The van der Waals surface area contributed by atoms with Crippen molar-refractivity contribution in [2.24, 2.45) is 0 Å². The van der Waals surface area contributed by atoms with Gasteiger partial charge in [-0.1, -0.05) is 17.3 Å². The van der Waals surface area contributed by atoms with Gasteiger partial charge in [0.05, 0.1) is 17.9 Å². The molecule has 0 aliphatic heterocycles. The molecule has 0 radical (unpaired) electrons. The van der Waals surface area contributed by atoms with Gasteiger partial charge in [-0.25, -0.2) is 0 Å². The summed E-state index contributed by atoms with van der Waals surface area (Å²) in [4.78, 5) is 10.1. The fourth-order valence-corrected chi connectivity index (χ4v) is 1.89. The molecule has 0 spiro atoms. The molecule has 0 N–H and O–H groups in total. The zero-order valence-electron chi connectivity index (χ0n) is 11.1. The third-order valence-corrected chi connectivity index (χ3v) is 3.02. The van der Waals surface area contributed by atoms with Crippen molar-refractivity contribution < 1.29 is 27.2 Å². The van der Waals surface area contributed by atoms with Crippen LogP contribution in [-0.2, 0) is 22.1 Å². The number of ether oxygens (including phenoxy) is 1. The van der Waals surface area contributed by atoms with Gasteiger partial charge in [0.25, 0.3) is 6.47 Å². The van der Waals surface area contributed by atoms with E-state index < -0.39 is 11.7 Å². The number of carbonyl (C=O) groups excluding carboxylic acids is 1. The maximum Gasteiger partial charge on any atom is 0.416 e. The molecule has 0 bridgehead atoms. The van der Waals surface area contributed by atoms with Crippen LogP contribution in [0.2, 0.25) is 0 Å². The largest absolute Gasteiger partial charge is 0.467 e. The molecule has 0 amide bonds. The molecular formula is C14H12F3NO3. The topological polar surface area (TPSA) is 52.3 Å². The van der Waals surface area contributed by atoms with Gasteiger partial charge in [0, 0.05) is 17.5 Å². The number of benzene rings is 1. The average molecular weight is 299 g/mol. The van der Waals surface area contributed by atoms with Gasteiger partial charge in [0.15, 0.2) is 5.76 Å². The van der Waals surface area contributed by atoms with Crippen molar-refractivity contribution in [3.8, 4) is 11.3 Å². The number of hydrogen-bond donors (Lipinski definition) is 0. The second kappa shape index (κ2) is 5.99. The highest BCUT2D eigenvalue weighted by Gasteiger charge is 2.30. The summed E-state index contributed by atoms with van der Waals surface area (Å²) in [5.41, 5.74) is 1.11. The Bertz CT molecular complexity index is 617. The van der Waals surface area contributed by atoms with E-state index in [0.717, 1.165) is 12.1 Å². The number of carbonyl (C=O) groups is 1. The van der Waals surface area contributed by atoms with Crippen molar-refractivity contribution in [1.82, 2.24) is 5.16 Å². The van der Waals surface area contributed by atoms with Crippen LogP contribution in [0.4, 0.5) is 13.2 Å². The minimum Gasteiger partial charge on any atom is -0.467 e. The highest BCUT2D eigenvalue weighted by molar-refractivity contribution is 5.62. The standard InChI is InChI=1S/C14H12F3NO3/c1-9-12(6-7-20-8-19)18-21-13(9)10-2-4-11(5-3-10)14(15,16)17/h2-5,8H,6-7H2,1H3. The van der Waals surface area contributed by atoms with E-state index in [1.165, 1.54) is 12.1 Å². The molecule has 21 heavy (non-hydrogen) atoms. The molecule has 112 valence electrons. The van der Waals surface area contributed by atoms with Gasteiger partial charge in [-0.2, -0.15) is 13.2 Å². The molecule has 0 saturated heterocycles. The zero-order chi connectivity index (χ0) is 15.5. The van der Waals surface area contributed by atoms with Gasteiger partial charge in [-0.3, -0.25) is 4.79 Å². The van der Waals surface area contributed by atoms with Crippen LogP contribution in [0, 0.1) is 6.92 Å². The van der Waals surface area contributed by atoms with E-state index in [4.69, 9.17) is 4.52 Å². The van der Waals surface area contributed by atoms with Crippen LogP contribution in [0.15, 0.2) is 28.8 Å². The normalized spacial score (nSPS) is 11.4. The van der Waals surface area contributed by atoms with Crippen molar-refractivity contribution in [1.29, 1.82) is 0 Å². The zero-order valence-corrected chi connectivity index (χ0v) is 11.1. The molecule has 0 fully saturated rings. The van der Waals surface area contributed by atoms with Gasteiger partial charge in [0.2, 0.25) is 0 Å². The van der Waals surface area contributed by atoms with Crippen molar-refractivity contribution >= 4 is 6.47 Å². The lowest BCUT2D eigenvalue weighted by Gasteiger charge is -2.06. The van der Waals surface area contributed by atoms with Crippen LogP contribution < -0.4 is 0 Å². The molecule has 0 saturated carbocycles. The minimum atomic E-state index is -4.37. The van der Waals surface area contributed by atoms with E-state index in [1.54, 1.807) is 6.92 Å². The highest BCUT2D eigenvalue weighted by Crippen LogP contribution is 2.32. The van der Waals surface area contributed by atoms with Crippen LogP contribution in [0.25, 0.3) is 11.3 Å². The Morgan fingerprint density at radius 1 is 1.29 bits per heavy atom. The van der Waals surface area contributed by atoms with E-state index in [9.17, 15) is 18.0 Å². The Hall–Kier alpha value is -2.31. The monoisotopic (exact) mass is 299 g/mol. The van der Waals surface area contributed by atoms with Crippen molar-refractivity contribution in [2.75, 3.05) is 6.61 Å². The number of hydrogen-bond acceptors (Lipinski definition) is 4. The molecule has 2 rings (SSSR count). The number of rotatable bonds is 5. The number of alkyl halides is 3. The molecule has 1 aromatic heterocycles. The van der Waals surface area contributed by atoms with Crippen LogP contribution in [-0.4, -0.2) is 18.2 Å². The predicted octanol–water partition coefficient (Wildman–Crippen LogP) is 3.38. The second-order valence-electron chi connectivity index (χ2n) is 4.38. The summed E-state index contributed by atoms with van der Waals surface area (Å²) in [6, 6.07) is 4.66.